The van der Waals surface area contributed by atoms with Crippen molar-refractivity contribution in [2.45, 2.75) is 104 Å². The fourth-order valence-corrected chi connectivity index (χ4v) is 15.9. The number of carbonyl (C=O) groups is 2. The highest BCUT2D eigenvalue weighted by Gasteiger charge is 2.35. The Morgan fingerprint density at radius 3 is 1.51 bits per heavy atom. The van der Waals surface area contributed by atoms with Crippen LogP contribution in [0.15, 0.2) is 24.3 Å². The highest BCUT2D eigenvalue weighted by molar-refractivity contribution is 6.82. The van der Waals surface area contributed by atoms with Gasteiger partial charge in [0.1, 0.15) is 5.91 Å². The summed E-state index contributed by atoms with van der Waals surface area (Å²) in [6.45, 7) is 34.0. The van der Waals surface area contributed by atoms with Gasteiger partial charge < -0.3 is 22.1 Å². The third-order valence-electron chi connectivity index (χ3n) is 3.62. The molecule has 0 aromatic carbocycles. The van der Waals surface area contributed by atoms with E-state index in [0.29, 0.717) is 17.8 Å². The quantitative estimate of drug-likeness (QED) is 0.0853. The molecule has 0 fully saturated rings. The minimum atomic E-state index is -2.31. The van der Waals surface area contributed by atoms with Gasteiger partial charge in [0, 0.05) is 11.1 Å². The third kappa shape index (κ3) is 24.8. The number of hydrogen-bond acceptors (Lipinski definition) is 7. The number of hydrogen-bond donors (Lipinski definition) is 0. The second-order valence-corrected chi connectivity index (χ2v) is 31.0. The molecule has 0 aliphatic carbocycles. The molecule has 0 aliphatic heterocycles. The Hall–Kier alpha value is -0.616. The second-order valence-electron chi connectivity index (χ2n) is 12.1. The first-order valence-corrected chi connectivity index (χ1v) is 27.1. The lowest BCUT2D eigenvalue weighted by molar-refractivity contribution is -0.139. The Morgan fingerprint density at radius 1 is 0.743 bits per heavy atom. The SMILES string of the molecule is C=C(C)C(=O)OCCC[SiH2]C(O[Si](C)(C)C)O[Si](C)(C)C.C=C(C)C(=O)O[Si](C)(C)O[Si](C)(C)C. The topological polar surface area (TPSA) is 80.3 Å². The predicted octanol–water partition coefficient (Wildman–Crippen LogP) is 5.73. The number of rotatable bonds is 14. The summed E-state index contributed by atoms with van der Waals surface area (Å²) < 4.78 is 28.6. The molecule has 0 aliphatic rings. The molecule has 0 rings (SSSR count). The van der Waals surface area contributed by atoms with Crippen LogP contribution in [-0.2, 0) is 31.7 Å². The highest BCUT2D eigenvalue weighted by atomic mass is 28.4. The van der Waals surface area contributed by atoms with Crippen LogP contribution in [0.25, 0.3) is 0 Å². The van der Waals surface area contributed by atoms with Crippen molar-refractivity contribution in [3.63, 3.8) is 0 Å². The van der Waals surface area contributed by atoms with E-state index in [0.717, 1.165) is 12.5 Å². The largest absolute Gasteiger partial charge is 0.492 e. The van der Waals surface area contributed by atoms with Crippen molar-refractivity contribution in [3.8, 4) is 0 Å². The van der Waals surface area contributed by atoms with Crippen LogP contribution in [-0.4, -0.2) is 67.5 Å². The normalized spacial score (nSPS) is 12.9. The van der Waals surface area contributed by atoms with E-state index in [-0.39, 0.29) is 17.9 Å². The van der Waals surface area contributed by atoms with Crippen molar-refractivity contribution in [1.82, 2.24) is 0 Å². The lowest BCUT2D eigenvalue weighted by Gasteiger charge is -2.31. The van der Waals surface area contributed by atoms with E-state index in [1.165, 1.54) is 0 Å². The van der Waals surface area contributed by atoms with E-state index >= 15 is 0 Å². The molecule has 0 aromatic heterocycles. The Bertz CT molecular complexity index is 689. The molecule has 35 heavy (non-hydrogen) atoms. The monoisotopic (exact) mass is 580 g/mol. The van der Waals surface area contributed by atoms with E-state index in [9.17, 15) is 9.59 Å². The van der Waals surface area contributed by atoms with E-state index in [1.54, 1.807) is 13.8 Å². The van der Waals surface area contributed by atoms with Crippen molar-refractivity contribution in [2.75, 3.05) is 6.61 Å². The molecule has 206 valence electrons. The van der Waals surface area contributed by atoms with Crippen molar-refractivity contribution in [2.24, 2.45) is 0 Å². The smallest absolute Gasteiger partial charge is 0.385 e. The summed E-state index contributed by atoms with van der Waals surface area (Å²) in [5.74, 6) is -0.634. The van der Waals surface area contributed by atoms with E-state index < -0.39 is 43.0 Å². The number of carbonyl (C=O) groups excluding carboxylic acids is 2. The average molecular weight is 581 g/mol. The van der Waals surface area contributed by atoms with Crippen LogP contribution in [0.5, 0.6) is 0 Å². The second kappa shape index (κ2) is 15.6. The maximum absolute atomic E-state index is 11.3. The Balaban J connectivity index is 0. The van der Waals surface area contributed by atoms with Gasteiger partial charge in [-0.25, -0.2) is 9.59 Å². The lowest BCUT2D eigenvalue weighted by Crippen LogP contribution is -2.46. The van der Waals surface area contributed by atoms with E-state index in [4.69, 9.17) is 22.1 Å². The van der Waals surface area contributed by atoms with Crippen LogP contribution >= 0.6 is 0 Å². The molecule has 0 amide bonds. The van der Waals surface area contributed by atoms with Crippen LogP contribution in [0.1, 0.15) is 20.3 Å². The minimum Gasteiger partial charge on any atom is -0.492 e. The molecule has 7 nitrogen and oxygen atoms in total. The Morgan fingerprint density at radius 2 is 1.17 bits per heavy atom. The van der Waals surface area contributed by atoms with Gasteiger partial charge in [-0.1, -0.05) is 19.2 Å². The molecule has 0 radical (unpaired) electrons. The Kier molecular flexibility index (Phi) is 16.3. The Labute approximate surface area is 221 Å². The summed E-state index contributed by atoms with van der Waals surface area (Å²) in [4.78, 5) is 22.6. The zero-order valence-electron chi connectivity index (χ0n) is 24.7. The van der Waals surface area contributed by atoms with Gasteiger partial charge in [-0.2, -0.15) is 0 Å². The fourth-order valence-electron chi connectivity index (χ4n) is 2.70. The van der Waals surface area contributed by atoms with Crippen LogP contribution in [0, 0.1) is 0 Å². The van der Waals surface area contributed by atoms with E-state index in [2.05, 4.69) is 72.1 Å². The number of ether oxygens (including phenoxy) is 1. The van der Waals surface area contributed by atoms with Gasteiger partial charge in [0.05, 0.1) is 16.1 Å². The third-order valence-corrected chi connectivity index (χ3v) is 13.0. The summed E-state index contributed by atoms with van der Waals surface area (Å²) >= 11 is 0. The van der Waals surface area contributed by atoms with Gasteiger partial charge >= 0.3 is 20.5 Å². The molecule has 12 heteroatoms. The first kappa shape index (κ1) is 36.5. The molecule has 0 unspecified atom stereocenters. The summed E-state index contributed by atoms with van der Waals surface area (Å²) in [5.41, 5.74) is 0.874. The minimum absolute atomic E-state index is 0.0141. The molecule has 0 saturated heterocycles. The van der Waals surface area contributed by atoms with Gasteiger partial charge in [-0.3, -0.25) is 0 Å². The summed E-state index contributed by atoms with van der Waals surface area (Å²) in [7, 11) is -7.61. The molecule has 0 bridgehead atoms. The molecule has 0 spiro atoms. The predicted molar refractivity (Wildman–Crippen MR) is 159 cm³/mol. The van der Waals surface area contributed by atoms with Crippen molar-refractivity contribution in [3.05, 3.63) is 24.3 Å². The highest BCUT2D eigenvalue weighted by Crippen LogP contribution is 2.17. The zero-order chi connectivity index (χ0) is 28.3. The van der Waals surface area contributed by atoms with Crippen LogP contribution in [0.4, 0.5) is 0 Å². The van der Waals surface area contributed by atoms with Crippen LogP contribution in [0.3, 0.4) is 0 Å². The van der Waals surface area contributed by atoms with Gasteiger partial charge in [0.25, 0.3) is 0 Å². The summed E-state index contributed by atoms with van der Waals surface area (Å²) in [6, 6.07) is 1.06. The number of esters is 1. The van der Waals surface area contributed by atoms with Gasteiger partial charge in [-0.05, 0) is 92.3 Å². The van der Waals surface area contributed by atoms with Crippen LogP contribution in [0.2, 0.25) is 78.1 Å². The van der Waals surface area contributed by atoms with Crippen molar-refractivity contribution in [1.29, 1.82) is 0 Å². The molecular formula is C23H52O7Si5. The van der Waals surface area contributed by atoms with E-state index in [1.807, 2.05) is 13.1 Å². The van der Waals surface area contributed by atoms with Gasteiger partial charge in [-0.15, -0.1) is 0 Å². The molecule has 0 heterocycles. The van der Waals surface area contributed by atoms with Crippen molar-refractivity contribution >= 4 is 55.0 Å². The summed E-state index contributed by atoms with van der Waals surface area (Å²) in [6.07, 6.45) is 0.881. The first-order valence-electron chi connectivity index (χ1n) is 12.2. The standard InChI is InChI=1S/C14H32O4Si3.C9H20O3Si2/c1-12(2)13(15)16-10-9-11-19-14(17-20(3,4)5)18-21(6,7)8;1-8(2)9(10)11-14(6,7)12-13(3,4)5/h14H,1,9-11,19H2,2-8H3;1H2,2-7H3. The molecule has 0 saturated carbocycles. The van der Waals surface area contributed by atoms with Crippen molar-refractivity contribution < 1.29 is 31.7 Å². The zero-order valence-corrected chi connectivity index (χ0v) is 30.1. The molecular weight excluding hydrogens is 529 g/mol. The fraction of sp³-hybridized carbons (Fsp3) is 0.739. The molecule has 0 atom stereocenters. The van der Waals surface area contributed by atoms with Gasteiger partial charge in [0.2, 0.25) is 0 Å². The summed E-state index contributed by atoms with van der Waals surface area (Å²) in [5, 5.41) is 0. The average Bonchev–Trinajstić information content (AvgIpc) is 2.55. The maximum atomic E-state index is 11.3. The van der Waals surface area contributed by atoms with Crippen LogP contribution < -0.4 is 0 Å². The van der Waals surface area contributed by atoms with Gasteiger partial charge in [0.15, 0.2) is 25.0 Å². The maximum Gasteiger partial charge on any atom is 0.385 e. The molecule has 0 N–H and O–H groups in total. The molecule has 0 aromatic rings. The first-order chi connectivity index (χ1) is 15.4. The lowest BCUT2D eigenvalue weighted by atomic mass is 10.4.